The molecule has 0 aliphatic carbocycles. The first kappa shape index (κ1) is 21.9. The number of methoxy groups -OCH3 is 1. The van der Waals surface area contributed by atoms with Gasteiger partial charge in [-0.3, -0.25) is 14.4 Å². The maximum atomic E-state index is 12.1. The van der Waals surface area contributed by atoms with Gasteiger partial charge in [0.2, 0.25) is 5.91 Å². The lowest BCUT2D eigenvalue weighted by atomic mass is 10.2. The van der Waals surface area contributed by atoms with Crippen molar-refractivity contribution in [3.63, 3.8) is 0 Å². The van der Waals surface area contributed by atoms with Crippen LogP contribution in [0.25, 0.3) is 0 Å². The Labute approximate surface area is 170 Å². The topological polar surface area (TPSA) is 109 Å². The second-order valence-electron chi connectivity index (χ2n) is 6.24. The van der Waals surface area contributed by atoms with Gasteiger partial charge in [0.15, 0.2) is 0 Å². The van der Waals surface area contributed by atoms with Crippen molar-refractivity contribution in [2.24, 2.45) is 0 Å². The zero-order valence-corrected chi connectivity index (χ0v) is 16.6. The maximum Gasteiger partial charge on any atom is 0.251 e. The van der Waals surface area contributed by atoms with Crippen molar-refractivity contribution in [2.45, 2.75) is 6.42 Å². The quantitative estimate of drug-likeness (QED) is 0.457. The summed E-state index contributed by atoms with van der Waals surface area (Å²) in [4.78, 5) is 35.8. The molecule has 3 amide bonds. The first-order valence-corrected chi connectivity index (χ1v) is 9.26. The molecule has 0 unspecified atom stereocenters. The third-order valence-corrected chi connectivity index (χ3v) is 4.05. The van der Waals surface area contributed by atoms with Crippen LogP contribution in [0.5, 0.6) is 0 Å². The van der Waals surface area contributed by atoms with Gasteiger partial charge in [-0.15, -0.1) is 0 Å². The maximum absolute atomic E-state index is 12.1. The molecule has 0 spiro atoms. The Kier molecular flexibility index (Phi) is 8.65. The minimum Gasteiger partial charge on any atom is -0.385 e. The van der Waals surface area contributed by atoms with Crippen molar-refractivity contribution >= 4 is 29.1 Å². The third kappa shape index (κ3) is 7.27. The molecule has 2 aromatic carbocycles. The summed E-state index contributed by atoms with van der Waals surface area (Å²) < 4.78 is 4.94. The third-order valence-electron chi connectivity index (χ3n) is 4.05. The smallest absolute Gasteiger partial charge is 0.251 e. The number of hydrogen-bond acceptors (Lipinski definition) is 5. The average molecular weight is 398 g/mol. The van der Waals surface area contributed by atoms with E-state index in [0.717, 1.165) is 6.42 Å². The molecule has 0 atom stereocenters. The summed E-state index contributed by atoms with van der Waals surface area (Å²) >= 11 is 0. The van der Waals surface area contributed by atoms with E-state index in [1.807, 2.05) is 0 Å². The van der Waals surface area contributed by atoms with Crippen molar-refractivity contribution in [1.82, 2.24) is 10.6 Å². The van der Waals surface area contributed by atoms with E-state index < -0.39 is 0 Å². The second kappa shape index (κ2) is 11.5. The Bertz CT molecular complexity index is 837. The van der Waals surface area contributed by atoms with Gasteiger partial charge in [-0.1, -0.05) is 6.07 Å². The van der Waals surface area contributed by atoms with Crippen LogP contribution < -0.4 is 21.3 Å². The summed E-state index contributed by atoms with van der Waals surface area (Å²) in [7, 11) is 3.18. The molecule has 0 aliphatic heterocycles. The molecular formula is C21H26N4O4. The highest BCUT2D eigenvalue weighted by Crippen LogP contribution is 2.12. The molecule has 2 rings (SSSR count). The molecule has 0 saturated carbocycles. The first-order chi connectivity index (χ1) is 14.0. The van der Waals surface area contributed by atoms with Crippen LogP contribution in [0.2, 0.25) is 0 Å². The van der Waals surface area contributed by atoms with E-state index in [9.17, 15) is 14.4 Å². The molecule has 0 heterocycles. The Balaban J connectivity index is 1.82. The lowest BCUT2D eigenvalue weighted by Gasteiger charge is -2.10. The predicted octanol–water partition coefficient (Wildman–Crippen LogP) is 1.86. The molecule has 29 heavy (non-hydrogen) atoms. The van der Waals surface area contributed by atoms with E-state index in [4.69, 9.17) is 4.74 Å². The van der Waals surface area contributed by atoms with Gasteiger partial charge in [0.1, 0.15) is 0 Å². The summed E-state index contributed by atoms with van der Waals surface area (Å²) in [5.74, 6) is -0.607. The molecule has 0 bridgehead atoms. The zero-order valence-electron chi connectivity index (χ0n) is 16.6. The molecule has 0 radical (unpaired) electrons. The van der Waals surface area contributed by atoms with Gasteiger partial charge >= 0.3 is 0 Å². The van der Waals surface area contributed by atoms with E-state index in [1.165, 1.54) is 0 Å². The highest BCUT2D eigenvalue weighted by molar-refractivity contribution is 5.97. The SMILES string of the molecule is CNC(=O)c1cccc(NCC(=O)Nc2ccc(C(=O)NCCCOC)cc2)c1. The fraction of sp³-hybridized carbons (Fsp3) is 0.286. The number of carbonyl (C=O) groups is 3. The minimum absolute atomic E-state index is 0.0406. The van der Waals surface area contributed by atoms with Gasteiger partial charge in [-0.2, -0.15) is 0 Å². The van der Waals surface area contributed by atoms with Crippen LogP contribution in [-0.2, 0) is 9.53 Å². The van der Waals surface area contributed by atoms with Crippen molar-refractivity contribution in [1.29, 1.82) is 0 Å². The van der Waals surface area contributed by atoms with Crippen molar-refractivity contribution in [3.05, 3.63) is 59.7 Å². The van der Waals surface area contributed by atoms with E-state index in [2.05, 4.69) is 21.3 Å². The van der Waals surface area contributed by atoms with E-state index in [0.29, 0.717) is 35.7 Å². The number of carbonyl (C=O) groups excluding carboxylic acids is 3. The summed E-state index contributed by atoms with van der Waals surface area (Å²) in [6.45, 7) is 1.17. The summed E-state index contributed by atoms with van der Waals surface area (Å²) in [5.41, 5.74) is 2.28. The fourth-order valence-electron chi connectivity index (χ4n) is 2.53. The Morgan fingerprint density at radius 1 is 0.931 bits per heavy atom. The van der Waals surface area contributed by atoms with Gasteiger partial charge in [0.05, 0.1) is 6.54 Å². The molecule has 4 N–H and O–H groups in total. The Morgan fingerprint density at radius 2 is 1.69 bits per heavy atom. The molecular weight excluding hydrogens is 372 g/mol. The van der Waals surface area contributed by atoms with Crippen molar-refractivity contribution < 1.29 is 19.1 Å². The van der Waals surface area contributed by atoms with E-state index >= 15 is 0 Å². The molecule has 0 saturated heterocycles. The van der Waals surface area contributed by atoms with Gasteiger partial charge in [-0.05, 0) is 48.9 Å². The minimum atomic E-state index is -0.243. The number of anilines is 2. The lowest BCUT2D eigenvalue weighted by molar-refractivity contribution is -0.114. The number of nitrogens with one attached hydrogen (secondary N) is 4. The standard InChI is InChI=1S/C21H26N4O4/c1-22-20(27)16-5-3-6-18(13-16)24-14-19(26)25-17-9-7-15(8-10-17)21(28)23-11-4-12-29-2/h3,5-10,13,24H,4,11-12,14H2,1-2H3,(H,22,27)(H,23,28)(H,25,26). The number of rotatable bonds is 10. The van der Waals surface area contributed by atoms with Crippen molar-refractivity contribution in [3.8, 4) is 0 Å². The highest BCUT2D eigenvalue weighted by atomic mass is 16.5. The molecule has 2 aromatic rings. The van der Waals surface area contributed by atoms with E-state index in [1.54, 1.807) is 62.7 Å². The second-order valence-corrected chi connectivity index (χ2v) is 6.24. The van der Waals surface area contributed by atoms with Gasteiger partial charge < -0.3 is 26.0 Å². The van der Waals surface area contributed by atoms with Gasteiger partial charge in [-0.25, -0.2) is 0 Å². The number of amides is 3. The van der Waals surface area contributed by atoms with Crippen LogP contribution in [0.15, 0.2) is 48.5 Å². The van der Waals surface area contributed by atoms with Crippen LogP contribution in [0.1, 0.15) is 27.1 Å². The number of ether oxygens (including phenoxy) is 1. The highest BCUT2D eigenvalue weighted by Gasteiger charge is 2.08. The van der Waals surface area contributed by atoms with Gasteiger partial charge in [0, 0.05) is 49.8 Å². The Hall–Kier alpha value is -3.39. The lowest BCUT2D eigenvalue weighted by Crippen LogP contribution is -2.25. The molecule has 8 heteroatoms. The molecule has 0 aromatic heterocycles. The number of benzene rings is 2. The van der Waals surface area contributed by atoms with Gasteiger partial charge in [0.25, 0.3) is 11.8 Å². The average Bonchev–Trinajstić information content (AvgIpc) is 2.75. The molecule has 0 fully saturated rings. The van der Waals surface area contributed by atoms with Crippen LogP contribution in [-0.4, -0.2) is 51.6 Å². The Morgan fingerprint density at radius 3 is 2.38 bits per heavy atom. The van der Waals surface area contributed by atoms with Crippen molar-refractivity contribution in [2.75, 3.05) is 44.5 Å². The summed E-state index contributed by atoms with van der Waals surface area (Å²) in [6, 6.07) is 13.5. The largest absolute Gasteiger partial charge is 0.385 e. The molecule has 154 valence electrons. The van der Waals surface area contributed by atoms with Crippen LogP contribution in [0.3, 0.4) is 0 Å². The normalized spacial score (nSPS) is 10.1. The zero-order chi connectivity index (χ0) is 21.1. The first-order valence-electron chi connectivity index (χ1n) is 9.26. The van der Waals surface area contributed by atoms with E-state index in [-0.39, 0.29) is 24.3 Å². The summed E-state index contributed by atoms with van der Waals surface area (Å²) in [6.07, 6.45) is 0.745. The van der Waals surface area contributed by atoms with Crippen LogP contribution in [0, 0.1) is 0 Å². The van der Waals surface area contributed by atoms with Crippen LogP contribution >= 0.6 is 0 Å². The molecule has 8 nitrogen and oxygen atoms in total. The fourth-order valence-corrected chi connectivity index (χ4v) is 2.53. The molecule has 0 aliphatic rings. The summed E-state index contributed by atoms with van der Waals surface area (Å²) in [5, 5.41) is 11.1. The number of hydrogen-bond donors (Lipinski definition) is 4. The monoisotopic (exact) mass is 398 g/mol. The van der Waals surface area contributed by atoms with Crippen LogP contribution in [0.4, 0.5) is 11.4 Å². The predicted molar refractivity (Wildman–Crippen MR) is 112 cm³/mol.